The molecule has 2 heterocycles. The van der Waals surface area contributed by atoms with E-state index in [2.05, 4.69) is 34.2 Å². The van der Waals surface area contributed by atoms with E-state index in [1.165, 1.54) is 24.8 Å². The number of carbonyl (C=O) groups excluding carboxylic acids is 1. The lowest BCUT2D eigenvalue weighted by molar-refractivity contribution is -0.116. The lowest BCUT2D eigenvalue weighted by atomic mass is 10.1. The maximum atomic E-state index is 12.2. The molecule has 138 valence electrons. The molecule has 0 aromatic heterocycles. The van der Waals surface area contributed by atoms with E-state index in [-0.39, 0.29) is 18.1 Å². The first-order valence-electron chi connectivity index (χ1n) is 9.69. The highest BCUT2D eigenvalue weighted by Gasteiger charge is 2.35. The average Bonchev–Trinajstić information content (AvgIpc) is 3.02. The summed E-state index contributed by atoms with van der Waals surface area (Å²) in [4.78, 5) is 16.8. The van der Waals surface area contributed by atoms with Crippen molar-refractivity contribution in [1.82, 2.24) is 9.80 Å². The fourth-order valence-electron chi connectivity index (χ4n) is 3.95. The standard InChI is InChI=1S/C20H31N3O2/c1-2-16-6-8-17(9-7-16)21-20(25)10-13-22-14-18(19(24)15-22)23-11-4-3-5-12-23/h6-9,18-19,24H,2-5,10-15H2,1H3,(H,21,25)/t18-,19-/m0/s1. The molecule has 0 spiro atoms. The summed E-state index contributed by atoms with van der Waals surface area (Å²) >= 11 is 0. The van der Waals surface area contributed by atoms with Crippen molar-refractivity contribution in [2.75, 3.05) is 38.0 Å². The minimum absolute atomic E-state index is 0.0418. The van der Waals surface area contributed by atoms with Gasteiger partial charge in [0.1, 0.15) is 0 Å². The van der Waals surface area contributed by atoms with E-state index in [1.807, 2.05) is 12.1 Å². The molecule has 2 aliphatic heterocycles. The van der Waals surface area contributed by atoms with Gasteiger partial charge in [0.05, 0.1) is 6.10 Å². The van der Waals surface area contributed by atoms with Crippen molar-refractivity contribution in [3.8, 4) is 0 Å². The SMILES string of the molecule is CCc1ccc(NC(=O)CCN2C[C@H](O)[C@@H](N3CCCCC3)C2)cc1. The van der Waals surface area contributed by atoms with E-state index in [0.29, 0.717) is 19.5 Å². The Labute approximate surface area is 151 Å². The van der Waals surface area contributed by atoms with Gasteiger partial charge >= 0.3 is 0 Å². The second kappa shape index (κ2) is 8.79. The Hall–Kier alpha value is -1.43. The fourth-order valence-corrected chi connectivity index (χ4v) is 3.95. The molecule has 1 aromatic rings. The molecule has 0 bridgehead atoms. The van der Waals surface area contributed by atoms with Crippen LogP contribution in [0.4, 0.5) is 5.69 Å². The topological polar surface area (TPSA) is 55.8 Å². The molecule has 5 nitrogen and oxygen atoms in total. The zero-order valence-corrected chi connectivity index (χ0v) is 15.3. The molecule has 0 radical (unpaired) electrons. The summed E-state index contributed by atoms with van der Waals surface area (Å²) in [5, 5.41) is 13.3. The normalized spacial score (nSPS) is 25.2. The van der Waals surface area contributed by atoms with Gasteiger partial charge in [0, 0.05) is 37.8 Å². The number of aryl methyl sites for hydroxylation is 1. The summed E-state index contributed by atoms with van der Waals surface area (Å²) < 4.78 is 0. The van der Waals surface area contributed by atoms with Crippen LogP contribution in [0.25, 0.3) is 0 Å². The van der Waals surface area contributed by atoms with Gasteiger partial charge in [-0.15, -0.1) is 0 Å². The van der Waals surface area contributed by atoms with Crippen LogP contribution in [0.1, 0.15) is 38.2 Å². The summed E-state index contributed by atoms with van der Waals surface area (Å²) in [5.74, 6) is 0.0418. The molecular formula is C20H31N3O2. The number of anilines is 1. The summed E-state index contributed by atoms with van der Waals surface area (Å²) in [5.41, 5.74) is 2.13. The number of β-amino-alcohol motifs (C(OH)–C–C–N with tert-alkyl or cyclic N) is 1. The Morgan fingerprint density at radius 1 is 1.16 bits per heavy atom. The minimum Gasteiger partial charge on any atom is -0.390 e. The third kappa shape index (κ3) is 5.03. The van der Waals surface area contributed by atoms with E-state index in [9.17, 15) is 9.90 Å². The van der Waals surface area contributed by atoms with Crippen molar-refractivity contribution in [3.63, 3.8) is 0 Å². The van der Waals surface area contributed by atoms with Gasteiger partial charge < -0.3 is 10.4 Å². The van der Waals surface area contributed by atoms with Gasteiger partial charge in [-0.2, -0.15) is 0 Å². The summed E-state index contributed by atoms with van der Waals surface area (Å²) in [7, 11) is 0. The third-order valence-corrected chi connectivity index (χ3v) is 5.50. The van der Waals surface area contributed by atoms with Crippen LogP contribution in [0.15, 0.2) is 24.3 Å². The smallest absolute Gasteiger partial charge is 0.225 e. The molecule has 2 saturated heterocycles. The summed E-state index contributed by atoms with van der Waals surface area (Å²) in [6.45, 7) is 6.59. The number of amides is 1. The maximum Gasteiger partial charge on any atom is 0.225 e. The van der Waals surface area contributed by atoms with Crippen LogP contribution in [0.5, 0.6) is 0 Å². The van der Waals surface area contributed by atoms with E-state index in [4.69, 9.17) is 0 Å². The molecule has 2 atom stereocenters. The van der Waals surface area contributed by atoms with Gasteiger partial charge in [-0.25, -0.2) is 0 Å². The molecule has 0 saturated carbocycles. The number of rotatable bonds is 6. The minimum atomic E-state index is -0.289. The molecule has 2 aliphatic rings. The van der Waals surface area contributed by atoms with Crippen LogP contribution in [0.2, 0.25) is 0 Å². The molecule has 2 N–H and O–H groups in total. The highest BCUT2D eigenvalue weighted by atomic mass is 16.3. The number of hydrogen-bond donors (Lipinski definition) is 2. The highest BCUT2D eigenvalue weighted by molar-refractivity contribution is 5.90. The number of likely N-dealkylation sites (tertiary alicyclic amines) is 2. The Morgan fingerprint density at radius 3 is 2.56 bits per heavy atom. The van der Waals surface area contributed by atoms with Crippen molar-refractivity contribution < 1.29 is 9.90 Å². The number of nitrogens with zero attached hydrogens (tertiary/aromatic N) is 2. The van der Waals surface area contributed by atoms with Crippen molar-refractivity contribution in [1.29, 1.82) is 0 Å². The number of nitrogens with one attached hydrogen (secondary N) is 1. The molecule has 3 rings (SSSR count). The zero-order valence-electron chi connectivity index (χ0n) is 15.3. The van der Waals surface area contributed by atoms with E-state index >= 15 is 0 Å². The van der Waals surface area contributed by atoms with Gasteiger partial charge in [-0.05, 0) is 50.0 Å². The Bertz CT molecular complexity index is 555. The van der Waals surface area contributed by atoms with Gasteiger partial charge in [0.15, 0.2) is 0 Å². The van der Waals surface area contributed by atoms with Crippen molar-refractivity contribution in [3.05, 3.63) is 29.8 Å². The molecule has 2 fully saturated rings. The second-order valence-electron chi connectivity index (χ2n) is 7.34. The van der Waals surface area contributed by atoms with Crippen LogP contribution >= 0.6 is 0 Å². The van der Waals surface area contributed by atoms with Gasteiger partial charge in [-0.3, -0.25) is 14.6 Å². The first-order valence-corrected chi connectivity index (χ1v) is 9.69. The number of carbonyl (C=O) groups is 1. The maximum absolute atomic E-state index is 12.2. The third-order valence-electron chi connectivity index (χ3n) is 5.50. The summed E-state index contributed by atoms with van der Waals surface area (Å²) in [6, 6.07) is 8.27. The van der Waals surface area contributed by atoms with Crippen LogP contribution < -0.4 is 5.32 Å². The average molecular weight is 345 g/mol. The van der Waals surface area contributed by atoms with Crippen LogP contribution in [0, 0.1) is 0 Å². The lowest BCUT2D eigenvalue weighted by Gasteiger charge is -2.33. The molecular weight excluding hydrogens is 314 g/mol. The lowest BCUT2D eigenvalue weighted by Crippen LogP contribution is -2.45. The Kier molecular flexibility index (Phi) is 6.45. The first-order chi connectivity index (χ1) is 12.2. The molecule has 1 aromatic carbocycles. The van der Waals surface area contributed by atoms with Gasteiger partial charge in [-0.1, -0.05) is 25.5 Å². The number of aliphatic hydroxyl groups is 1. The van der Waals surface area contributed by atoms with Crippen molar-refractivity contribution >= 4 is 11.6 Å². The van der Waals surface area contributed by atoms with E-state index < -0.39 is 0 Å². The fraction of sp³-hybridized carbons (Fsp3) is 0.650. The number of aliphatic hydroxyl groups excluding tert-OH is 1. The highest BCUT2D eigenvalue weighted by Crippen LogP contribution is 2.21. The number of hydrogen-bond acceptors (Lipinski definition) is 4. The summed E-state index contributed by atoms with van der Waals surface area (Å²) in [6.07, 6.45) is 4.97. The Balaban J connectivity index is 1.42. The quantitative estimate of drug-likeness (QED) is 0.829. The van der Waals surface area contributed by atoms with Gasteiger partial charge in [0.2, 0.25) is 5.91 Å². The van der Waals surface area contributed by atoms with Crippen LogP contribution in [-0.4, -0.2) is 65.7 Å². The van der Waals surface area contributed by atoms with E-state index in [0.717, 1.165) is 31.7 Å². The predicted molar refractivity (Wildman–Crippen MR) is 101 cm³/mol. The molecule has 25 heavy (non-hydrogen) atoms. The van der Waals surface area contributed by atoms with Crippen LogP contribution in [0.3, 0.4) is 0 Å². The predicted octanol–water partition coefficient (Wildman–Crippen LogP) is 2.11. The second-order valence-corrected chi connectivity index (χ2v) is 7.34. The van der Waals surface area contributed by atoms with Crippen molar-refractivity contribution in [2.45, 2.75) is 51.2 Å². The number of piperidine rings is 1. The van der Waals surface area contributed by atoms with E-state index in [1.54, 1.807) is 0 Å². The molecule has 0 aliphatic carbocycles. The van der Waals surface area contributed by atoms with Crippen molar-refractivity contribution in [2.24, 2.45) is 0 Å². The zero-order chi connectivity index (χ0) is 17.6. The molecule has 0 unspecified atom stereocenters. The molecule has 1 amide bonds. The monoisotopic (exact) mass is 345 g/mol. The number of benzene rings is 1. The first kappa shape index (κ1) is 18.4. The Morgan fingerprint density at radius 2 is 1.88 bits per heavy atom. The van der Waals surface area contributed by atoms with Gasteiger partial charge in [0.25, 0.3) is 0 Å². The largest absolute Gasteiger partial charge is 0.390 e. The van der Waals surface area contributed by atoms with Crippen LogP contribution in [-0.2, 0) is 11.2 Å². The molecule has 5 heteroatoms.